The summed E-state index contributed by atoms with van der Waals surface area (Å²) in [4.78, 5) is 32.5. The van der Waals surface area contributed by atoms with Crippen LogP contribution in [0.25, 0.3) is 0 Å². The summed E-state index contributed by atoms with van der Waals surface area (Å²) >= 11 is 5.85. The Kier molecular flexibility index (Phi) is 5.56. The number of likely N-dealkylation sites (tertiary alicyclic amines) is 1. The Labute approximate surface area is 157 Å². The van der Waals surface area contributed by atoms with Crippen molar-refractivity contribution in [1.82, 2.24) is 24.6 Å². The summed E-state index contributed by atoms with van der Waals surface area (Å²) < 4.78 is 1.36. The second-order valence-corrected chi connectivity index (χ2v) is 6.91. The zero-order valence-corrected chi connectivity index (χ0v) is 15.7. The van der Waals surface area contributed by atoms with Gasteiger partial charge in [0.05, 0.1) is 0 Å². The summed E-state index contributed by atoms with van der Waals surface area (Å²) in [7, 11) is 3.46. The van der Waals surface area contributed by atoms with Crippen molar-refractivity contribution >= 4 is 23.4 Å². The molecule has 0 N–H and O–H groups in total. The van der Waals surface area contributed by atoms with Gasteiger partial charge >= 0.3 is 0 Å². The number of piperidine rings is 1. The maximum absolute atomic E-state index is 12.7. The molecule has 0 bridgehead atoms. The summed E-state index contributed by atoms with van der Waals surface area (Å²) in [5.41, 5.74) is 1.11. The van der Waals surface area contributed by atoms with E-state index in [0.717, 1.165) is 5.56 Å². The summed E-state index contributed by atoms with van der Waals surface area (Å²) in [6.07, 6.45) is 1.29. The van der Waals surface area contributed by atoms with Crippen molar-refractivity contribution in [3.05, 3.63) is 47.0 Å². The Bertz CT molecular complexity index is 765. The summed E-state index contributed by atoms with van der Waals surface area (Å²) in [5.74, 6) is -0.0764. The molecule has 26 heavy (non-hydrogen) atoms. The van der Waals surface area contributed by atoms with Gasteiger partial charge in [-0.2, -0.15) is 4.98 Å². The molecule has 0 radical (unpaired) electrons. The van der Waals surface area contributed by atoms with Gasteiger partial charge in [0.25, 0.3) is 5.91 Å². The average Bonchev–Trinajstić information content (AvgIpc) is 3.00. The number of carbonyl (C=O) groups excluding carboxylic acids is 2. The van der Waals surface area contributed by atoms with Crippen molar-refractivity contribution in [3.63, 3.8) is 0 Å². The van der Waals surface area contributed by atoms with Crippen LogP contribution < -0.4 is 0 Å². The first-order valence-electron chi connectivity index (χ1n) is 8.60. The topological polar surface area (TPSA) is 71.3 Å². The van der Waals surface area contributed by atoms with Crippen LogP contribution in [0.4, 0.5) is 0 Å². The van der Waals surface area contributed by atoms with Gasteiger partial charge in [-0.1, -0.05) is 30.3 Å². The molecule has 138 valence electrons. The van der Waals surface area contributed by atoms with Crippen LogP contribution in [-0.4, -0.2) is 56.5 Å². The Morgan fingerprint density at radius 3 is 2.46 bits per heavy atom. The van der Waals surface area contributed by atoms with Crippen molar-refractivity contribution in [2.45, 2.75) is 19.4 Å². The molecule has 1 aliphatic rings. The maximum atomic E-state index is 12.7. The number of hydrogen-bond donors (Lipinski definition) is 0. The highest BCUT2D eigenvalue weighted by Gasteiger charge is 2.31. The fraction of sp³-hybridized carbons (Fsp3) is 0.444. The van der Waals surface area contributed by atoms with E-state index in [-0.39, 0.29) is 28.8 Å². The quantitative estimate of drug-likeness (QED) is 0.819. The molecule has 1 aliphatic heterocycles. The summed E-state index contributed by atoms with van der Waals surface area (Å²) in [5, 5.41) is 4.20. The van der Waals surface area contributed by atoms with E-state index in [1.165, 1.54) is 4.68 Å². The van der Waals surface area contributed by atoms with Gasteiger partial charge < -0.3 is 9.80 Å². The highest BCUT2D eigenvalue weighted by Crippen LogP contribution is 2.21. The minimum absolute atomic E-state index is 0.0620. The smallest absolute Gasteiger partial charge is 0.293 e. The van der Waals surface area contributed by atoms with E-state index in [4.69, 9.17) is 11.6 Å². The van der Waals surface area contributed by atoms with Crippen molar-refractivity contribution in [1.29, 1.82) is 0 Å². The van der Waals surface area contributed by atoms with Crippen LogP contribution in [0.5, 0.6) is 0 Å². The second-order valence-electron chi connectivity index (χ2n) is 6.57. The van der Waals surface area contributed by atoms with Gasteiger partial charge in [-0.3, -0.25) is 9.59 Å². The Balaban J connectivity index is 1.54. The van der Waals surface area contributed by atoms with Crippen molar-refractivity contribution < 1.29 is 9.59 Å². The molecule has 2 amide bonds. The van der Waals surface area contributed by atoms with Crippen LogP contribution in [0.1, 0.15) is 29.0 Å². The molecular weight excluding hydrogens is 354 g/mol. The highest BCUT2D eigenvalue weighted by atomic mass is 35.5. The molecule has 1 saturated heterocycles. The Morgan fingerprint density at radius 1 is 1.23 bits per heavy atom. The summed E-state index contributed by atoms with van der Waals surface area (Å²) in [6.45, 7) is 1.63. The molecule has 0 saturated carbocycles. The van der Waals surface area contributed by atoms with Gasteiger partial charge in [0, 0.05) is 39.6 Å². The first-order valence-corrected chi connectivity index (χ1v) is 8.98. The van der Waals surface area contributed by atoms with Gasteiger partial charge in [0.2, 0.25) is 17.0 Å². The van der Waals surface area contributed by atoms with Gasteiger partial charge in [0.15, 0.2) is 0 Å². The van der Waals surface area contributed by atoms with Gasteiger partial charge in [-0.15, -0.1) is 5.10 Å². The number of rotatable bonds is 4. The molecule has 2 aromatic rings. The number of aryl methyl sites for hydroxylation is 1. The lowest BCUT2D eigenvalue weighted by molar-refractivity contribution is -0.136. The molecule has 1 aromatic heterocycles. The number of benzene rings is 1. The third-order valence-corrected chi connectivity index (χ3v) is 5.00. The van der Waals surface area contributed by atoms with E-state index in [2.05, 4.69) is 10.1 Å². The molecule has 8 heteroatoms. The van der Waals surface area contributed by atoms with Gasteiger partial charge in [0.1, 0.15) is 0 Å². The number of nitrogens with zero attached hydrogens (tertiary/aromatic N) is 5. The largest absolute Gasteiger partial charge is 0.341 e. The second kappa shape index (κ2) is 7.86. The van der Waals surface area contributed by atoms with Crippen LogP contribution in [0, 0.1) is 5.92 Å². The lowest BCUT2D eigenvalue weighted by atomic mass is 9.95. The van der Waals surface area contributed by atoms with Crippen LogP contribution in [0.15, 0.2) is 30.3 Å². The third kappa shape index (κ3) is 4.04. The fourth-order valence-electron chi connectivity index (χ4n) is 3.17. The van der Waals surface area contributed by atoms with Gasteiger partial charge in [-0.05, 0) is 30.0 Å². The lowest BCUT2D eigenvalue weighted by Gasteiger charge is -2.32. The molecule has 0 aliphatic carbocycles. The van der Waals surface area contributed by atoms with Crippen molar-refractivity contribution in [2.75, 3.05) is 20.1 Å². The fourth-order valence-corrected chi connectivity index (χ4v) is 3.29. The number of carbonyl (C=O) groups is 2. The van der Waals surface area contributed by atoms with E-state index >= 15 is 0 Å². The minimum Gasteiger partial charge on any atom is -0.341 e. The average molecular weight is 376 g/mol. The van der Waals surface area contributed by atoms with E-state index < -0.39 is 0 Å². The standard InChI is InChI=1S/C18H22ClN5O2/c1-22(12-13-6-4-3-5-7-13)16(25)14-8-10-24(11-9-14)17(26)15-20-18(19)23(2)21-15/h3-7,14H,8-12H2,1-2H3. The number of amides is 2. The van der Waals surface area contributed by atoms with Crippen LogP contribution in [-0.2, 0) is 18.4 Å². The van der Waals surface area contributed by atoms with Crippen LogP contribution >= 0.6 is 11.6 Å². The SMILES string of the molecule is CN(Cc1ccccc1)C(=O)C1CCN(C(=O)c2nc(Cl)n(C)n2)CC1. The third-order valence-electron chi connectivity index (χ3n) is 4.67. The maximum Gasteiger partial charge on any atom is 0.293 e. The monoisotopic (exact) mass is 375 g/mol. The Morgan fingerprint density at radius 2 is 1.88 bits per heavy atom. The molecule has 0 unspecified atom stereocenters. The first kappa shape index (κ1) is 18.4. The van der Waals surface area contributed by atoms with E-state index in [1.54, 1.807) is 16.8 Å². The minimum atomic E-state index is -0.240. The van der Waals surface area contributed by atoms with E-state index in [0.29, 0.717) is 32.5 Å². The number of halogens is 1. The number of aromatic nitrogens is 3. The van der Waals surface area contributed by atoms with Crippen LogP contribution in [0.2, 0.25) is 5.28 Å². The number of hydrogen-bond acceptors (Lipinski definition) is 4. The normalized spacial score (nSPS) is 15.1. The molecular formula is C18H22ClN5O2. The van der Waals surface area contributed by atoms with Crippen LogP contribution in [0.3, 0.4) is 0 Å². The summed E-state index contributed by atoms with van der Waals surface area (Å²) in [6, 6.07) is 9.92. The zero-order chi connectivity index (χ0) is 18.7. The molecule has 1 fully saturated rings. The lowest BCUT2D eigenvalue weighted by Crippen LogP contribution is -2.43. The molecule has 0 atom stereocenters. The molecule has 7 nitrogen and oxygen atoms in total. The predicted molar refractivity (Wildman–Crippen MR) is 97.6 cm³/mol. The highest BCUT2D eigenvalue weighted by molar-refractivity contribution is 6.28. The molecule has 3 rings (SSSR count). The predicted octanol–water partition coefficient (Wildman–Crippen LogP) is 1.98. The first-order chi connectivity index (χ1) is 12.5. The zero-order valence-electron chi connectivity index (χ0n) is 14.9. The Hall–Kier alpha value is -2.41. The molecule has 2 heterocycles. The van der Waals surface area contributed by atoms with Crippen molar-refractivity contribution in [3.8, 4) is 0 Å². The molecule has 0 spiro atoms. The van der Waals surface area contributed by atoms with Gasteiger partial charge in [-0.25, -0.2) is 4.68 Å². The van der Waals surface area contributed by atoms with E-state index in [9.17, 15) is 9.59 Å². The van der Waals surface area contributed by atoms with Crippen molar-refractivity contribution in [2.24, 2.45) is 13.0 Å². The molecule has 1 aromatic carbocycles. The van der Waals surface area contributed by atoms with E-state index in [1.807, 2.05) is 37.4 Å².